The van der Waals surface area contributed by atoms with Gasteiger partial charge in [0.25, 0.3) is 0 Å². The molecule has 84 valence electrons. The van der Waals surface area contributed by atoms with Crippen LogP contribution in [0.3, 0.4) is 0 Å². The lowest BCUT2D eigenvalue weighted by Crippen LogP contribution is -2.12. The van der Waals surface area contributed by atoms with Crippen molar-refractivity contribution in [1.82, 2.24) is 20.3 Å². The van der Waals surface area contributed by atoms with E-state index in [1.165, 1.54) is 5.56 Å². The van der Waals surface area contributed by atoms with Crippen molar-refractivity contribution in [3.05, 3.63) is 46.2 Å². The third-order valence-corrected chi connectivity index (χ3v) is 2.73. The first-order valence-electron chi connectivity index (χ1n) is 5.04. The maximum atomic E-state index is 4.00. The van der Waals surface area contributed by atoms with Crippen molar-refractivity contribution in [1.29, 1.82) is 0 Å². The van der Waals surface area contributed by atoms with E-state index < -0.39 is 0 Å². The molecule has 0 amide bonds. The summed E-state index contributed by atoms with van der Waals surface area (Å²) in [5, 5.41) is 11.2. The molecule has 0 aliphatic carbocycles. The summed E-state index contributed by atoms with van der Waals surface area (Å²) >= 11 is 3.41. The SMILES string of the molecule is Cn1cc(CNCc2ccc(Br)cc2)nn1. The van der Waals surface area contributed by atoms with Crippen LogP contribution in [0.25, 0.3) is 0 Å². The Morgan fingerprint density at radius 2 is 2.00 bits per heavy atom. The quantitative estimate of drug-likeness (QED) is 0.930. The minimum atomic E-state index is 0.740. The Balaban J connectivity index is 1.82. The Morgan fingerprint density at radius 3 is 2.62 bits per heavy atom. The molecule has 5 heteroatoms. The van der Waals surface area contributed by atoms with Crippen molar-refractivity contribution in [2.45, 2.75) is 13.1 Å². The second-order valence-electron chi connectivity index (χ2n) is 3.61. The van der Waals surface area contributed by atoms with Crippen LogP contribution in [0, 0.1) is 0 Å². The Hall–Kier alpha value is -1.20. The number of aryl methyl sites for hydroxylation is 1. The average molecular weight is 281 g/mol. The van der Waals surface area contributed by atoms with Gasteiger partial charge in [-0.1, -0.05) is 33.3 Å². The van der Waals surface area contributed by atoms with E-state index in [2.05, 4.69) is 43.7 Å². The number of benzene rings is 1. The van der Waals surface area contributed by atoms with E-state index in [-0.39, 0.29) is 0 Å². The van der Waals surface area contributed by atoms with Gasteiger partial charge in [0, 0.05) is 30.8 Å². The maximum Gasteiger partial charge on any atom is 0.0964 e. The van der Waals surface area contributed by atoms with E-state index in [0.29, 0.717) is 0 Å². The van der Waals surface area contributed by atoms with Crippen molar-refractivity contribution in [2.24, 2.45) is 7.05 Å². The zero-order valence-electron chi connectivity index (χ0n) is 9.02. The molecule has 0 spiro atoms. The second-order valence-corrected chi connectivity index (χ2v) is 4.53. The van der Waals surface area contributed by atoms with Crippen molar-refractivity contribution in [2.75, 3.05) is 0 Å². The van der Waals surface area contributed by atoms with Crippen LogP contribution in [-0.2, 0) is 20.1 Å². The predicted octanol–water partition coefficient (Wildman–Crippen LogP) is 1.87. The summed E-state index contributed by atoms with van der Waals surface area (Å²) < 4.78 is 2.81. The van der Waals surface area contributed by atoms with Crippen LogP contribution in [-0.4, -0.2) is 15.0 Å². The molecule has 0 aliphatic rings. The Morgan fingerprint density at radius 1 is 1.25 bits per heavy atom. The van der Waals surface area contributed by atoms with Gasteiger partial charge in [-0.05, 0) is 17.7 Å². The number of rotatable bonds is 4. The zero-order chi connectivity index (χ0) is 11.4. The van der Waals surface area contributed by atoms with Crippen molar-refractivity contribution >= 4 is 15.9 Å². The summed E-state index contributed by atoms with van der Waals surface area (Å²) in [6.45, 7) is 1.58. The van der Waals surface area contributed by atoms with Gasteiger partial charge < -0.3 is 5.32 Å². The highest BCUT2D eigenvalue weighted by Crippen LogP contribution is 2.10. The number of hydrogen-bond acceptors (Lipinski definition) is 3. The third kappa shape index (κ3) is 3.15. The third-order valence-electron chi connectivity index (χ3n) is 2.20. The molecule has 0 radical (unpaired) electrons. The van der Waals surface area contributed by atoms with Gasteiger partial charge >= 0.3 is 0 Å². The highest BCUT2D eigenvalue weighted by atomic mass is 79.9. The van der Waals surface area contributed by atoms with E-state index in [1.54, 1.807) is 4.68 Å². The first-order valence-corrected chi connectivity index (χ1v) is 5.84. The van der Waals surface area contributed by atoms with E-state index in [4.69, 9.17) is 0 Å². The van der Waals surface area contributed by atoms with Crippen molar-refractivity contribution in [3.63, 3.8) is 0 Å². The summed E-state index contributed by atoms with van der Waals surface area (Å²) in [5.41, 5.74) is 2.21. The molecule has 1 aromatic heterocycles. The molecule has 1 heterocycles. The zero-order valence-corrected chi connectivity index (χ0v) is 10.6. The molecule has 1 aromatic carbocycles. The molecule has 2 rings (SSSR count). The highest BCUT2D eigenvalue weighted by Gasteiger charge is 1.97. The Kier molecular flexibility index (Phi) is 3.69. The van der Waals surface area contributed by atoms with Crippen LogP contribution in [0.2, 0.25) is 0 Å². The van der Waals surface area contributed by atoms with Gasteiger partial charge in [0.05, 0.1) is 5.69 Å². The van der Waals surface area contributed by atoms with Gasteiger partial charge in [0.2, 0.25) is 0 Å². The van der Waals surface area contributed by atoms with Gasteiger partial charge in [-0.15, -0.1) is 5.10 Å². The minimum Gasteiger partial charge on any atom is -0.307 e. The fourth-order valence-electron chi connectivity index (χ4n) is 1.41. The van der Waals surface area contributed by atoms with Crippen molar-refractivity contribution in [3.8, 4) is 0 Å². The molecule has 4 nitrogen and oxygen atoms in total. The lowest BCUT2D eigenvalue weighted by molar-refractivity contribution is 0.674. The van der Waals surface area contributed by atoms with Crippen LogP contribution in [0.15, 0.2) is 34.9 Å². The molecular formula is C11H13BrN4. The van der Waals surface area contributed by atoms with Crippen LogP contribution < -0.4 is 5.32 Å². The molecule has 16 heavy (non-hydrogen) atoms. The number of hydrogen-bond donors (Lipinski definition) is 1. The molecule has 1 N–H and O–H groups in total. The molecule has 0 fully saturated rings. The topological polar surface area (TPSA) is 42.7 Å². The van der Waals surface area contributed by atoms with E-state index in [1.807, 2.05) is 25.4 Å². The summed E-state index contributed by atoms with van der Waals surface area (Å²) in [6.07, 6.45) is 1.91. The van der Waals surface area contributed by atoms with Crippen LogP contribution in [0.4, 0.5) is 0 Å². The Labute approximate surface area is 103 Å². The fourth-order valence-corrected chi connectivity index (χ4v) is 1.68. The number of aromatic nitrogens is 3. The smallest absolute Gasteiger partial charge is 0.0964 e. The first kappa shape index (κ1) is 11.3. The minimum absolute atomic E-state index is 0.740. The molecular weight excluding hydrogens is 268 g/mol. The van der Waals surface area contributed by atoms with Gasteiger partial charge in [0.1, 0.15) is 0 Å². The average Bonchev–Trinajstić information content (AvgIpc) is 2.67. The number of nitrogens with one attached hydrogen (secondary N) is 1. The van der Waals surface area contributed by atoms with Crippen LogP contribution in [0.5, 0.6) is 0 Å². The predicted molar refractivity (Wildman–Crippen MR) is 65.7 cm³/mol. The molecule has 0 saturated heterocycles. The molecule has 0 unspecified atom stereocenters. The van der Waals surface area contributed by atoms with Gasteiger partial charge in [-0.2, -0.15) is 0 Å². The van der Waals surface area contributed by atoms with Crippen LogP contribution in [0.1, 0.15) is 11.3 Å². The van der Waals surface area contributed by atoms with Gasteiger partial charge in [0.15, 0.2) is 0 Å². The monoisotopic (exact) mass is 280 g/mol. The summed E-state index contributed by atoms with van der Waals surface area (Å²) in [6, 6.07) is 8.26. The standard InChI is InChI=1S/C11H13BrN4/c1-16-8-11(14-15-16)7-13-6-9-2-4-10(12)5-3-9/h2-5,8,13H,6-7H2,1H3. The lowest BCUT2D eigenvalue weighted by atomic mass is 10.2. The van der Waals surface area contributed by atoms with Crippen molar-refractivity contribution < 1.29 is 0 Å². The molecule has 2 aromatic rings. The summed E-state index contributed by atoms with van der Waals surface area (Å²) in [7, 11) is 1.87. The first-order chi connectivity index (χ1) is 7.74. The normalized spacial score (nSPS) is 10.6. The highest BCUT2D eigenvalue weighted by molar-refractivity contribution is 9.10. The lowest BCUT2D eigenvalue weighted by Gasteiger charge is -2.02. The molecule has 0 aliphatic heterocycles. The molecule has 0 atom stereocenters. The van der Waals surface area contributed by atoms with E-state index >= 15 is 0 Å². The number of nitrogens with zero attached hydrogens (tertiary/aromatic N) is 3. The molecule has 0 saturated carbocycles. The Bertz CT molecular complexity index is 449. The van der Waals surface area contributed by atoms with E-state index in [9.17, 15) is 0 Å². The number of halogens is 1. The second kappa shape index (κ2) is 5.23. The molecule has 0 bridgehead atoms. The summed E-state index contributed by atoms with van der Waals surface area (Å²) in [5.74, 6) is 0. The largest absolute Gasteiger partial charge is 0.307 e. The van der Waals surface area contributed by atoms with Gasteiger partial charge in [-0.3, -0.25) is 4.68 Å². The maximum absolute atomic E-state index is 4.00. The van der Waals surface area contributed by atoms with E-state index in [0.717, 1.165) is 23.3 Å². The van der Waals surface area contributed by atoms with Crippen LogP contribution >= 0.6 is 15.9 Å². The van der Waals surface area contributed by atoms with Gasteiger partial charge in [-0.25, -0.2) is 0 Å². The fraction of sp³-hybridized carbons (Fsp3) is 0.273. The summed E-state index contributed by atoms with van der Waals surface area (Å²) in [4.78, 5) is 0.